The number of aryl methyl sites for hydroxylation is 1. The number of sulfonamides is 1. The van der Waals surface area contributed by atoms with Crippen molar-refractivity contribution in [2.75, 3.05) is 19.3 Å². The van der Waals surface area contributed by atoms with E-state index in [1.807, 2.05) is 0 Å². The smallest absolute Gasteiger partial charge is 0.208 e. The third kappa shape index (κ3) is 4.30. The molecule has 1 aliphatic rings. The van der Waals surface area contributed by atoms with Crippen LogP contribution >= 0.6 is 0 Å². The van der Waals surface area contributed by atoms with Gasteiger partial charge in [-0.05, 0) is 36.8 Å². The molecule has 1 aromatic carbocycles. The monoisotopic (exact) mass is 282 g/mol. The summed E-state index contributed by atoms with van der Waals surface area (Å²) >= 11 is 0. The van der Waals surface area contributed by atoms with Crippen LogP contribution in [-0.2, 0) is 10.0 Å². The first-order valence-corrected chi connectivity index (χ1v) is 8.58. The Hall–Kier alpha value is -0.910. The molecule has 1 fully saturated rings. The fraction of sp³-hybridized carbons (Fsp3) is 0.571. The maximum Gasteiger partial charge on any atom is 0.208 e. The van der Waals surface area contributed by atoms with E-state index in [2.05, 4.69) is 41.2 Å². The van der Waals surface area contributed by atoms with Gasteiger partial charge in [0.05, 0.1) is 6.26 Å². The fourth-order valence-corrected chi connectivity index (χ4v) is 3.07. The van der Waals surface area contributed by atoms with Crippen molar-refractivity contribution in [1.29, 1.82) is 0 Å². The average Bonchev–Trinajstić information content (AvgIpc) is 2.27. The molecule has 106 valence electrons. The van der Waals surface area contributed by atoms with Crippen LogP contribution in [0, 0.1) is 6.92 Å². The summed E-state index contributed by atoms with van der Waals surface area (Å²) in [6.07, 6.45) is 3.47. The standard InChI is InChI=1S/C14H22N2O2S/c1-11-5-3-4-6-14(11)12-9-13(10-12)15-7-8-16-19(2,17)18/h3-6,12-13,15-16H,7-10H2,1-2H3. The fourth-order valence-electron chi connectivity index (χ4n) is 2.60. The number of benzene rings is 1. The second kappa shape index (κ2) is 6.03. The van der Waals surface area contributed by atoms with Crippen molar-refractivity contribution in [2.45, 2.75) is 31.7 Å². The first kappa shape index (κ1) is 14.5. The zero-order chi connectivity index (χ0) is 13.9. The van der Waals surface area contributed by atoms with Gasteiger partial charge in [0.15, 0.2) is 0 Å². The molecule has 0 atom stereocenters. The summed E-state index contributed by atoms with van der Waals surface area (Å²) in [5.74, 6) is 0.654. The Morgan fingerprint density at radius 2 is 1.89 bits per heavy atom. The minimum absolute atomic E-state index is 0.463. The van der Waals surface area contributed by atoms with Gasteiger partial charge in [0, 0.05) is 19.1 Å². The molecule has 5 heteroatoms. The van der Waals surface area contributed by atoms with Gasteiger partial charge in [0.2, 0.25) is 10.0 Å². The van der Waals surface area contributed by atoms with E-state index in [0.717, 1.165) is 12.8 Å². The lowest BCUT2D eigenvalue weighted by Crippen LogP contribution is -2.43. The van der Waals surface area contributed by atoms with Gasteiger partial charge in [-0.2, -0.15) is 0 Å². The lowest BCUT2D eigenvalue weighted by atomic mass is 9.74. The van der Waals surface area contributed by atoms with Gasteiger partial charge in [-0.3, -0.25) is 0 Å². The highest BCUT2D eigenvalue weighted by Gasteiger charge is 2.30. The van der Waals surface area contributed by atoms with Crippen LogP contribution in [-0.4, -0.2) is 33.8 Å². The van der Waals surface area contributed by atoms with Gasteiger partial charge in [-0.15, -0.1) is 0 Å². The summed E-state index contributed by atoms with van der Waals surface area (Å²) in [6.45, 7) is 3.31. The van der Waals surface area contributed by atoms with Gasteiger partial charge in [0.25, 0.3) is 0 Å². The van der Waals surface area contributed by atoms with Gasteiger partial charge in [-0.25, -0.2) is 13.1 Å². The zero-order valence-electron chi connectivity index (χ0n) is 11.5. The van der Waals surface area contributed by atoms with Crippen molar-refractivity contribution in [3.8, 4) is 0 Å². The Morgan fingerprint density at radius 1 is 1.21 bits per heavy atom. The van der Waals surface area contributed by atoms with Crippen molar-refractivity contribution in [2.24, 2.45) is 0 Å². The summed E-state index contributed by atoms with van der Waals surface area (Å²) in [4.78, 5) is 0. The van der Waals surface area contributed by atoms with Crippen molar-refractivity contribution in [1.82, 2.24) is 10.0 Å². The molecular formula is C14H22N2O2S. The molecule has 1 saturated carbocycles. The van der Waals surface area contributed by atoms with Crippen LogP contribution in [0.5, 0.6) is 0 Å². The topological polar surface area (TPSA) is 58.2 Å². The molecule has 0 bridgehead atoms. The first-order valence-electron chi connectivity index (χ1n) is 6.69. The quantitative estimate of drug-likeness (QED) is 0.775. The minimum Gasteiger partial charge on any atom is -0.313 e. The molecule has 0 radical (unpaired) electrons. The van der Waals surface area contributed by atoms with Crippen molar-refractivity contribution < 1.29 is 8.42 Å². The van der Waals surface area contributed by atoms with Crippen LogP contribution in [0.3, 0.4) is 0 Å². The molecular weight excluding hydrogens is 260 g/mol. The molecule has 0 aliphatic heterocycles. The normalized spacial score (nSPS) is 23.1. The van der Waals surface area contributed by atoms with Crippen LogP contribution in [0.25, 0.3) is 0 Å². The lowest BCUT2D eigenvalue weighted by Gasteiger charge is -2.37. The third-order valence-corrected chi connectivity index (χ3v) is 4.42. The number of rotatable bonds is 6. The van der Waals surface area contributed by atoms with Gasteiger partial charge in [-0.1, -0.05) is 24.3 Å². The molecule has 0 spiro atoms. The molecule has 0 unspecified atom stereocenters. The SMILES string of the molecule is Cc1ccccc1C1CC(NCCNS(C)(=O)=O)C1. The second-order valence-corrected chi connectivity index (χ2v) is 7.18. The molecule has 0 saturated heterocycles. The van der Waals surface area contributed by atoms with E-state index < -0.39 is 10.0 Å². The number of hydrogen-bond acceptors (Lipinski definition) is 3. The average molecular weight is 282 g/mol. The van der Waals surface area contributed by atoms with E-state index >= 15 is 0 Å². The molecule has 1 aromatic rings. The van der Waals surface area contributed by atoms with Gasteiger partial charge < -0.3 is 5.32 Å². The van der Waals surface area contributed by atoms with E-state index in [9.17, 15) is 8.42 Å². The second-order valence-electron chi connectivity index (χ2n) is 5.34. The Balaban J connectivity index is 1.68. The number of hydrogen-bond donors (Lipinski definition) is 2. The Kier molecular flexibility index (Phi) is 4.60. The molecule has 0 aromatic heterocycles. The van der Waals surface area contributed by atoms with Crippen LogP contribution < -0.4 is 10.0 Å². The van der Waals surface area contributed by atoms with E-state index in [1.54, 1.807) is 0 Å². The maximum atomic E-state index is 10.9. The van der Waals surface area contributed by atoms with Crippen LogP contribution in [0.2, 0.25) is 0 Å². The molecule has 19 heavy (non-hydrogen) atoms. The highest BCUT2D eigenvalue weighted by Crippen LogP contribution is 2.38. The maximum absolute atomic E-state index is 10.9. The summed E-state index contributed by atoms with van der Waals surface area (Å²) in [5, 5.41) is 3.38. The van der Waals surface area contributed by atoms with Crippen LogP contribution in [0.15, 0.2) is 24.3 Å². The Morgan fingerprint density at radius 3 is 2.53 bits per heavy atom. The third-order valence-electron chi connectivity index (χ3n) is 3.69. The summed E-state index contributed by atoms with van der Waals surface area (Å²) in [6, 6.07) is 9.06. The first-order chi connectivity index (χ1) is 8.96. The summed E-state index contributed by atoms with van der Waals surface area (Å²) in [5.41, 5.74) is 2.82. The Bertz CT molecular complexity index is 522. The van der Waals surface area contributed by atoms with E-state index in [-0.39, 0.29) is 0 Å². The van der Waals surface area contributed by atoms with Gasteiger partial charge >= 0.3 is 0 Å². The lowest BCUT2D eigenvalue weighted by molar-refractivity contribution is 0.292. The molecule has 0 heterocycles. The van der Waals surface area contributed by atoms with E-state index in [0.29, 0.717) is 25.0 Å². The highest BCUT2D eigenvalue weighted by molar-refractivity contribution is 7.88. The number of nitrogens with one attached hydrogen (secondary N) is 2. The molecule has 2 N–H and O–H groups in total. The summed E-state index contributed by atoms with van der Waals surface area (Å²) in [7, 11) is -3.06. The molecule has 2 rings (SSSR count). The molecule has 1 aliphatic carbocycles. The molecule has 0 amide bonds. The predicted octanol–water partition coefficient (Wildman–Crippen LogP) is 1.38. The van der Waals surface area contributed by atoms with Crippen molar-refractivity contribution in [3.05, 3.63) is 35.4 Å². The van der Waals surface area contributed by atoms with E-state index in [4.69, 9.17) is 0 Å². The van der Waals surface area contributed by atoms with E-state index in [1.165, 1.54) is 17.4 Å². The molecule has 4 nitrogen and oxygen atoms in total. The van der Waals surface area contributed by atoms with Crippen molar-refractivity contribution in [3.63, 3.8) is 0 Å². The highest BCUT2D eigenvalue weighted by atomic mass is 32.2. The van der Waals surface area contributed by atoms with Gasteiger partial charge in [0.1, 0.15) is 0 Å². The van der Waals surface area contributed by atoms with Crippen LogP contribution in [0.4, 0.5) is 0 Å². The summed E-state index contributed by atoms with van der Waals surface area (Å²) < 4.78 is 24.3. The largest absolute Gasteiger partial charge is 0.313 e. The van der Waals surface area contributed by atoms with Crippen molar-refractivity contribution >= 4 is 10.0 Å². The minimum atomic E-state index is -3.06. The zero-order valence-corrected chi connectivity index (χ0v) is 12.3. The Labute approximate surface area is 115 Å². The predicted molar refractivity (Wildman–Crippen MR) is 77.8 cm³/mol. The van der Waals surface area contributed by atoms with Crippen LogP contribution in [0.1, 0.15) is 29.9 Å².